The fourth-order valence-corrected chi connectivity index (χ4v) is 4.70. The number of rotatable bonds is 5. The van der Waals surface area contributed by atoms with E-state index < -0.39 is 10.0 Å². The molecule has 0 amide bonds. The van der Waals surface area contributed by atoms with Gasteiger partial charge in [-0.25, -0.2) is 8.42 Å². The second-order valence-corrected chi connectivity index (χ2v) is 8.32. The highest BCUT2D eigenvalue weighted by Gasteiger charge is 2.36. The molecular weight excluding hydrogens is 278 g/mol. The van der Waals surface area contributed by atoms with Crippen molar-refractivity contribution in [3.05, 3.63) is 17.0 Å². The van der Waals surface area contributed by atoms with E-state index >= 15 is 0 Å². The van der Waals surface area contributed by atoms with Gasteiger partial charge < -0.3 is 0 Å². The van der Waals surface area contributed by atoms with Gasteiger partial charge in [-0.3, -0.25) is 0 Å². The van der Waals surface area contributed by atoms with Gasteiger partial charge in [0, 0.05) is 18.5 Å². The molecule has 0 aromatic carbocycles. The smallest absolute Gasteiger partial charge is 0.206 e. The van der Waals surface area contributed by atoms with E-state index in [1.807, 2.05) is 0 Å². The topological polar surface area (TPSA) is 37.4 Å². The zero-order valence-corrected chi connectivity index (χ0v) is 12.3. The second kappa shape index (κ2) is 4.88. The molecule has 3 nitrogen and oxygen atoms in total. The third-order valence-electron chi connectivity index (χ3n) is 3.20. The van der Waals surface area contributed by atoms with Gasteiger partial charge in [0.2, 0.25) is 0 Å². The monoisotopic (exact) mass is 293 g/mol. The van der Waals surface area contributed by atoms with Crippen LogP contribution in [0.4, 0.5) is 0 Å². The predicted molar refractivity (Wildman–Crippen MR) is 71.0 cm³/mol. The van der Waals surface area contributed by atoms with Crippen molar-refractivity contribution in [3.8, 4) is 0 Å². The first-order valence-electron chi connectivity index (χ1n) is 5.56. The summed E-state index contributed by atoms with van der Waals surface area (Å²) in [5, 5.41) is 0. The number of hydrogen-bond donors (Lipinski definition) is 0. The number of hydrogen-bond acceptors (Lipinski definition) is 3. The Kier molecular flexibility index (Phi) is 3.83. The fraction of sp³-hybridized carbons (Fsp3) is 0.636. The van der Waals surface area contributed by atoms with Crippen LogP contribution in [0.2, 0.25) is 0 Å². The molecule has 1 aromatic rings. The van der Waals surface area contributed by atoms with Crippen LogP contribution in [0.5, 0.6) is 0 Å². The minimum absolute atomic E-state index is 0.365. The van der Waals surface area contributed by atoms with Gasteiger partial charge >= 0.3 is 0 Å². The van der Waals surface area contributed by atoms with E-state index in [0.29, 0.717) is 28.5 Å². The van der Waals surface area contributed by atoms with Crippen LogP contribution >= 0.6 is 22.9 Å². The molecule has 0 aliphatic heterocycles. The number of sulfonamides is 1. The third-order valence-corrected chi connectivity index (χ3v) is 7.02. The van der Waals surface area contributed by atoms with Gasteiger partial charge in [0.25, 0.3) is 10.0 Å². The molecule has 0 saturated heterocycles. The van der Waals surface area contributed by atoms with E-state index in [1.165, 1.54) is 15.6 Å². The second-order valence-electron chi connectivity index (χ2n) is 4.61. The highest BCUT2D eigenvalue weighted by molar-refractivity contribution is 7.91. The molecule has 96 valence electrons. The Hall–Kier alpha value is -0.100. The summed E-state index contributed by atoms with van der Waals surface area (Å²) in [5.41, 5.74) is 0. The molecule has 1 aromatic heterocycles. The maximum Gasteiger partial charge on any atom is 0.252 e. The van der Waals surface area contributed by atoms with Crippen LogP contribution < -0.4 is 0 Å². The molecule has 2 unspecified atom stereocenters. The molecule has 1 aliphatic carbocycles. The summed E-state index contributed by atoms with van der Waals surface area (Å²) in [6.07, 6.45) is 1.14. The highest BCUT2D eigenvalue weighted by Crippen LogP contribution is 2.39. The van der Waals surface area contributed by atoms with Crippen molar-refractivity contribution >= 4 is 33.0 Å². The molecule has 1 heterocycles. The number of thiophene rings is 1. The van der Waals surface area contributed by atoms with Crippen molar-refractivity contribution in [1.29, 1.82) is 0 Å². The van der Waals surface area contributed by atoms with Crippen LogP contribution in [-0.2, 0) is 15.9 Å². The quantitative estimate of drug-likeness (QED) is 0.783. The first kappa shape index (κ1) is 13.3. The van der Waals surface area contributed by atoms with E-state index in [1.54, 1.807) is 19.2 Å². The molecule has 6 heteroatoms. The number of nitrogens with zero attached hydrogens (tertiary/aromatic N) is 1. The predicted octanol–water partition coefficient (Wildman–Crippen LogP) is 2.76. The summed E-state index contributed by atoms with van der Waals surface area (Å²) in [4.78, 5) is 0.887. The van der Waals surface area contributed by atoms with Crippen LogP contribution in [0.3, 0.4) is 0 Å². The van der Waals surface area contributed by atoms with Gasteiger partial charge in [-0.1, -0.05) is 6.92 Å². The lowest BCUT2D eigenvalue weighted by Gasteiger charge is -2.15. The standard InChI is InChI=1S/C11H16ClNO2S2/c1-8-5-9(8)7-13(2)17(14,15)11-4-3-10(6-12)16-11/h3-4,8-9H,5-7H2,1-2H3. The van der Waals surface area contributed by atoms with Gasteiger partial charge in [-0.15, -0.1) is 22.9 Å². The van der Waals surface area contributed by atoms with Crippen molar-refractivity contribution in [2.75, 3.05) is 13.6 Å². The van der Waals surface area contributed by atoms with Crippen molar-refractivity contribution < 1.29 is 8.42 Å². The van der Waals surface area contributed by atoms with Crippen molar-refractivity contribution in [3.63, 3.8) is 0 Å². The lowest BCUT2D eigenvalue weighted by molar-refractivity contribution is 0.446. The Morgan fingerprint density at radius 2 is 2.18 bits per heavy atom. The summed E-state index contributed by atoms with van der Waals surface area (Å²) >= 11 is 6.94. The van der Waals surface area contributed by atoms with Crippen molar-refractivity contribution in [1.82, 2.24) is 4.31 Å². The van der Waals surface area contributed by atoms with Crippen molar-refractivity contribution in [2.45, 2.75) is 23.4 Å². The lowest BCUT2D eigenvalue weighted by Crippen LogP contribution is -2.28. The maximum atomic E-state index is 12.2. The SMILES string of the molecule is CC1CC1CN(C)S(=O)(=O)c1ccc(CCl)s1. The minimum Gasteiger partial charge on any atom is -0.206 e. The molecule has 0 radical (unpaired) electrons. The van der Waals surface area contributed by atoms with E-state index in [-0.39, 0.29) is 0 Å². The van der Waals surface area contributed by atoms with Crippen LogP contribution in [0.1, 0.15) is 18.2 Å². The molecular formula is C11H16ClNO2S2. The first-order chi connectivity index (χ1) is 7.95. The zero-order chi connectivity index (χ0) is 12.6. The minimum atomic E-state index is -3.31. The Bertz CT molecular complexity index is 497. The summed E-state index contributed by atoms with van der Waals surface area (Å²) in [5.74, 6) is 1.56. The zero-order valence-electron chi connectivity index (χ0n) is 9.89. The summed E-state index contributed by atoms with van der Waals surface area (Å²) < 4.78 is 26.3. The molecule has 1 saturated carbocycles. The molecule has 2 atom stereocenters. The molecule has 17 heavy (non-hydrogen) atoms. The maximum absolute atomic E-state index is 12.2. The number of alkyl halides is 1. The number of halogens is 1. The molecule has 0 spiro atoms. The Morgan fingerprint density at radius 1 is 1.53 bits per heavy atom. The van der Waals surface area contributed by atoms with Gasteiger partial charge in [-0.2, -0.15) is 4.31 Å². The van der Waals surface area contributed by atoms with Crippen LogP contribution in [-0.4, -0.2) is 26.3 Å². The van der Waals surface area contributed by atoms with Crippen LogP contribution in [0.15, 0.2) is 16.3 Å². The lowest BCUT2D eigenvalue weighted by atomic mass is 10.3. The van der Waals surface area contributed by atoms with Gasteiger partial charge in [0.1, 0.15) is 4.21 Å². The Morgan fingerprint density at radius 3 is 2.65 bits per heavy atom. The fourth-order valence-electron chi connectivity index (χ4n) is 1.80. The third kappa shape index (κ3) is 2.84. The average Bonchev–Trinajstić information content (AvgIpc) is 2.83. The van der Waals surface area contributed by atoms with Crippen LogP contribution in [0.25, 0.3) is 0 Å². The Labute approximate surface area is 111 Å². The Balaban J connectivity index is 2.11. The summed E-state index contributed by atoms with van der Waals surface area (Å²) in [6, 6.07) is 3.42. The largest absolute Gasteiger partial charge is 0.252 e. The molecule has 0 N–H and O–H groups in total. The van der Waals surface area contributed by atoms with E-state index in [0.717, 1.165) is 11.3 Å². The highest BCUT2D eigenvalue weighted by atomic mass is 35.5. The normalized spacial score (nSPS) is 24.2. The van der Waals surface area contributed by atoms with Crippen LogP contribution in [0, 0.1) is 11.8 Å². The van der Waals surface area contributed by atoms with Crippen molar-refractivity contribution in [2.24, 2.45) is 11.8 Å². The first-order valence-corrected chi connectivity index (χ1v) is 8.35. The average molecular weight is 294 g/mol. The summed E-state index contributed by atoms with van der Waals surface area (Å²) in [7, 11) is -1.66. The van der Waals surface area contributed by atoms with Gasteiger partial charge in [-0.05, 0) is 30.4 Å². The van der Waals surface area contributed by atoms with E-state index in [2.05, 4.69) is 6.92 Å². The van der Waals surface area contributed by atoms with Gasteiger partial charge in [0.15, 0.2) is 0 Å². The molecule has 0 bridgehead atoms. The molecule has 1 fully saturated rings. The summed E-state index contributed by atoms with van der Waals surface area (Å²) in [6.45, 7) is 2.78. The van der Waals surface area contributed by atoms with Gasteiger partial charge in [0.05, 0.1) is 5.88 Å². The molecule has 1 aliphatic rings. The molecule has 2 rings (SSSR count). The van der Waals surface area contributed by atoms with E-state index in [9.17, 15) is 8.42 Å². The van der Waals surface area contributed by atoms with E-state index in [4.69, 9.17) is 11.6 Å².